The van der Waals surface area contributed by atoms with E-state index in [2.05, 4.69) is 441 Å². The van der Waals surface area contributed by atoms with Crippen LogP contribution >= 0.6 is 0 Å². The largest absolute Gasteiger partial charge is 0.309 e. The first-order valence-corrected chi connectivity index (χ1v) is 41.2. The van der Waals surface area contributed by atoms with Crippen LogP contribution in [0.3, 0.4) is 0 Å². The summed E-state index contributed by atoms with van der Waals surface area (Å²) in [7, 11) is 0. The topological polar surface area (TPSA) is 19.7 Å². The second kappa shape index (κ2) is 26.1. The van der Waals surface area contributed by atoms with Crippen molar-refractivity contribution in [3.05, 3.63) is 406 Å². The summed E-state index contributed by atoms with van der Waals surface area (Å²) >= 11 is 0. The molecule has 4 aliphatic rings. The minimum atomic E-state index is 0.00216. The number of aromatic nitrogens is 4. The highest BCUT2D eigenvalue weighted by Gasteiger charge is 2.41. The Morgan fingerprint density at radius 3 is 1.03 bits per heavy atom. The van der Waals surface area contributed by atoms with E-state index >= 15 is 0 Å². The highest BCUT2D eigenvalue weighted by molar-refractivity contribution is 6.16. The zero-order valence-corrected chi connectivity index (χ0v) is 68.1. The van der Waals surface area contributed by atoms with Crippen molar-refractivity contribution in [2.75, 3.05) is 0 Å². The molecule has 0 spiro atoms. The number of fused-ring (bicyclic) bond motifs is 24. The molecule has 4 aromatic heterocycles. The van der Waals surface area contributed by atoms with Gasteiger partial charge in [-0.25, -0.2) is 0 Å². The third-order valence-corrected chi connectivity index (χ3v) is 26.7. The van der Waals surface area contributed by atoms with Gasteiger partial charge in [0.25, 0.3) is 0 Å². The average Bonchev–Trinajstić information content (AvgIpc) is 1.57. The van der Waals surface area contributed by atoms with E-state index in [4.69, 9.17) is 0 Å². The first-order chi connectivity index (χ1) is 56.3. The van der Waals surface area contributed by atoms with Crippen LogP contribution in [0, 0.1) is 27.7 Å². The van der Waals surface area contributed by atoms with Crippen LogP contribution in [0.2, 0.25) is 0 Å². The van der Waals surface area contributed by atoms with Gasteiger partial charge in [0.2, 0.25) is 0 Å². The van der Waals surface area contributed by atoms with Gasteiger partial charge < -0.3 is 18.3 Å². The number of nitrogens with zero attached hydrogens (tertiary/aromatic N) is 4. The molecule has 0 saturated heterocycles. The van der Waals surface area contributed by atoms with Crippen LogP contribution in [0.4, 0.5) is 0 Å². The summed E-state index contributed by atoms with van der Waals surface area (Å²) in [6.07, 6.45) is 0. The molecule has 16 aromatic carbocycles. The predicted octanol–water partition coefficient (Wildman–Crippen LogP) is 29.6. The maximum Gasteiger partial charge on any atom is 0.0570 e. The van der Waals surface area contributed by atoms with Crippen LogP contribution in [0.25, 0.3) is 154 Å². The third kappa shape index (κ3) is 10.4. The molecule has 560 valence electrons. The molecule has 24 rings (SSSR count). The minimum Gasteiger partial charge on any atom is -0.309 e. The van der Waals surface area contributed by atoms with Crippen molar-refractivity contribution in [2.24, 2.45) is 0 Å². The van der Waals surface area contributed by atoms with Gasteiger partial charge in [0, 0.05) is 87.5 Å². The van der Waals surface area contributed by atoms with Crippen LogP contribution in [0.15, 0.2) is 340 Å². The normalized spacial score (nSPS) is 14.3. The molecular weight excluding hydrogens is 1400 g/mol. The summed E-state index contributed by atoms with van der Waals surface area (Å²) < 4.78 is 9.70. The van der Waals surface area contributed by atoms with Crippen molar-refractivity contribution in [2.45, 2.75) is 105 Å². The lowest BCUT2D eigenvalue weighted by Gasteiger charge is -2.23. The smallest absolute Gasteiger partial charge is 0.0570 e. The number of benzene rings is 16. The highest BCUT2D eigenvalue weighted by Crippen LogP contribution is 2.57. The molecule has 0 atom stereocenters. The zero-order valence-electron chi connectivity index (χ0n) is 68.1. The lowest BCUT2D eigenvalue weighted by atomic mass is 9.80. The number of aryl methyl sites for hydroxylation is 4. The van der Waals surface area contributed by atoms with Crippen molar-refractivity contribution in [3.63, 3.8) is 0 Å². The monoisotopic (exact) mass is 1490 g/mol. The quantitative estimate of drug-likeness (QED) is 0.167. The summed E-state index contributed by atoms with van der Waals surface area (Å²) in [4.78, 5) is 0. The fourth-order valence-electron chi connectivity index (χ4n) is 21.2. The molecule has 4 heteroatoms. The van der Waals surface area contributed by atoms with Gasteiger partial charge in [-0.3, -0.25) is 0 Å². The summed E-state index contributed by atoms with van der Waals surface area (Å²) in [6.45, 7) is 27.7. The standard InChI is InChI=1S/4C28H23N/c1-18-10-9-14-21-22-16-23-20-13-7-8-15-25(20)29(19-11-5-4-6-12-19)26(23)17-24(22)28(2,3)27(18)21;1-18-10-9-14-21-23-16-22-20-13-7-8-15-24(20)28(2,3)25(22)17-26(23)29(27(18)21)19-11-5-4-6-12-19;1-18-10-9-15-25-27(18)22-16-21-20-13-7-8-14-23(20)28(2,3)24(21)17-26(22)29(25)19-11-5-4-6-12-19;1-18-13-14-20-22-16-23-21-11-7-8-12-26(21)29(19-9-5-4-6-10-19)27(23)17-25(22)28(2,3)24(20)15-18/h4*4-17H,1-3H3. The Morgan fingerprint density at radius 2 is 0.517 bits per heavy atom. The van der Waals surface area contributed by atoms with Crippen LogP contribution in [-0.2, 0) is 21.7 Å². The average molecular weight is 1490 g/mol. The zero-order chi connectivity index (χ0) is 79.0. The van der Waals surface area contributed by atoms with E-state index in [1.54, 1.807) is 0 Å². The van der Waals surface area contributed by atoms with Gasteiger partial charge in [0.05, 0.1) is 44.1 Å². The van der Waals surface area contributed by atoms with E-state index < -0.39 is 0 Å². The van der Waals surface area contributed by atoms with Crippen LogP contribution in [-0.4, -0.2) is 18.3 Å². The lowest BCUT2D eigenvalue weighted by Crippen LogP contribution is -2.16. The molecule has 0 aliphatic heterocycles. The van der Waals surface area contributed by atoms with Gasteiger partial charge >= 0.3 is 0 Å². The molecule has 20 aromatic rings. The number of hydrogen-bond acceptors (Lipinski definition) is 0. The minimum absolute atomic E-state index is 0.00216. The van der Waals surface area contributed by atoms with Crippen molar-refractivity contribution in [1.82, 2.24) is 18.3 Å². The van der Waals surface area contributed by atoms with Gasteiger partial charge in [-0.05, 0) is 249 Å². The maximum absolute atomic E-state index is 2.44. The molecule has 4 aliphatic carbocycles. The molecule has 0 N–H and O–H groups in total. The van der Waals surface area contributed by atoms with E-state index in [0.29, 0.717) is 0 Å². The number of hydrogen-bond donors (Lipinski definition) is 0. The first-order valence-electron chi connectivity index (χ1n) is 41.2. The molecule has 0 fully saturated rings. The van der Waals surface area contributed by atoms with E-state index in [0.717, 1.165) is 0 Å². The molecule has 4 heterocycles. The fraction of sp³-hybridized carbons (Fsp3) is 0.143. The van der Waals surface area contributed by atoms with Crippen molar-refractivity contribution >= 4 is 87.2 Å². The van der Waals surface area contributed by atoms with Gasteiger partial charge in [-0.15, -0.1) is 0 Å². The molecule has 0 bridgehead atoms. The van der Waals surface area contributed by atoms with E-state index in [1.165, 1.54) is 221 Å². The molecule has 116 heavy (non-hydrogen) atoms. The van der Waals surface area contributed by atoms with Gasteiger partial charge in [-0.1, -0.05) is 285 Å². The summed E-state index contributed by atoms with van der Waals surface area (Å²) in [5, 5.41) is 10.6. The van der Waals surface area contributed by atoms with Gasteiger partial charge in [0.1, 0.15) is 0 Å². The fourth-order valence-corrected chi connectivity index (χ4v) is 21.2. The number of rotatable bonds is 4. The van der Waals surface area contributed by atoms with Gasteiger partial charge in [0.15, 0.2) is 0 Å². The highest BCUT2D eigenvalue weighted by atomic mass is 15.0. The second-order valence-corrected chi connectivity index (χ2v) is 35.0. The Balaban J connectivity index is 0.0000000966. The molecule has 4 nitrogen and oxygen atoms in total. The lowest BCUT2D eigenvalue weighted by molar-refractivity contribution is 0.656. The molecule has 0 unspecified atom stereocenters. The van der Waals surface area contributed by atoms with E-state index in [9.17, 15) is 0 Å². The van der Waals surface area contributed by atoms with Gasteiger partial charge in [-0.2, -0.15) is 0 Å². The van der Waals surface area contributed by atoms with Crippen LogP contribution in [0.1, 0.15) is 122 Å². The third-order valence-electron chi connectivity index (χ3n) is 26.7. The van der Waals surface area contributed by atoms with Crippen molar-refractivity contribution in [1.29, 1.82) is 0 Å². The summed E-state index contributed by atoms with van der Waals surface area (Å²) in [5.74, 6) is 0. The summed E-state index contributed by atoms with van der Waals surface area (Å²) in [6, 6.07) is 125. The molecule has 0 radical (unpaired) electrons. The number of para-hydroxylation sites is 7. The van der Waals surface area contributed by atoms with E-state index in [-0.39, 0.29) is 21.7 Å². The molecule has 0 amide bonds. The summed E-state index contributed by atoms with van der Waals surface area (Å²) in [5.41, 5.74) is 43.0. The Morgan fingerprint density at radius 1 is 0.190 bits per heavy atom. The Kier molecular flexibility index (Phi) is 15.9. The Hall–Kier alpha value is -13.3. The van der Waals surface area contributed by atoms with Crippen LogP contribution < -0.4 is 0 Å². The first kappa shape index (κ1) is 70.6. The van der Waals surface area contributed by atoms with Crippen molar-refractivity contribution < 1.29 is 0 Å². The Labute approximate surface area is 679 Å². The Bertz CT molecular complexity index is 7440. The predicted molar refractivity (Wildman–Crippen MR) is 492 cm³/mol. The SMILES string of the molecule is Cc1ccc2c(c1)C(C)(C)c1cc3c(cc1-2)c1ccccc1n3-c1ccccc1.Cc1cccc2c1C(C)(C)c1cc3c(cc1-2)c1ccccc1n3-c1ccccc1.Cc1cccc2c1c1cc3c(cc1n2-c1ccccc1)C(C)(C)c1ccccc1-3.Cc1cccc2c3cc4c(cc3n(-c3ccccc3)c12)C(C)(C)c1ccccc1-4. The van der Waals surface area contributed by atoms with Crippen molar-refractivity contribution in [3.8, 4) is 67.3 Å². The second-order valence-electron chi connectivity index (χ2n) is 35.0. The van der Waals surface area contributed by atoms with E-state index in [1.807, 2.05) is 0 Å². The molecular formula is C112H92N4. The van der Waals surface area contributed by atoms with Crippen LogP contribution in [0.5, 0.6) is 0 Å². The molecule has 0 saturated carbocycles. The maximum atomic E-state index is 2.44.